The summed E-state index contributed by atoms with van der Waals surface area (Å²) in [5.41, 5.74) is 7.31. The van der Waals surface area contributed by atoms with E-state index in [9.17, 15) is 4.39 Å². The monoisotopic (exact) mass is 247 g/mol. The average molecular weight is 247 g/mol. The number of pyridine rings is 1. The lowest BCUT2D eigenvalue weighted by Crippen LogP contribution is -2.00. The molecule has 2 rings (SSSR count). The van der Waals surface area contributed by atoms with Crippen molar-refractivity contribution in [2.24, 2.45) is 0 Å². The summed E-state index contributed by atoms with van der Waals surface area (Å²) < 4.78 is 18.7. The molecule has 3 N–H and O–H groups in total. The SMILES string of the molecule is COc1nc(Nc2ccc(C)cc2F)ccc1N. The molecule has 1 heterocycles. The molecular weight excluding hydrogens is 233 g/mol. The summed E-state index contributed by atoms with van der Waals surface area (Å²) in [5, 5.41) is 2.88. The lowest BCUT2D eigenvalue weighted by atomic mass is 10.2. The fourth-order valence-corrected chi connectivity index (χ4v) is 1.54. The number of benzene rings is 1. The van der Waals surface area contributed by atoms with Crippen molar-refractivity contribution in [2.45, 2.75) is 6.92 Å². The van der Waals surface area contributed by atoms with E-state index in [0.29, 0.717) is 23.1 Å². The van der Waals surface area contributed by atoms with E-state index in [0.717, 1.165) is 5.56 Å². The van der Waals surface area contributed by atoms with Crippen molar-refractivity contribution in [2.75, 3.05) is 18.2 Å². The van der Waals surface area contributed by atoms with E-state index in [1.807, 2.05) is 13.0 Å². The van der Waals surface area contributed by atoms with Gasteiger partial charge < -0.3 is 15.8 Å². The van der Waals surface area contributed by atoms with Gasteiger partial charge in [0.1, 0.15) is 11.6 Å². The van der Waals surface area contributed by atoms with E-state index in [2.05, 4.69) is 10.3 Å². The van der Waals surface area contributed by atoms with E-state index < -0.39 is 0 Å². The summed E-state index contributed by atoms with van der Waals surface area (Å²) in [5.74, 6) is 0.462. The molecule has 0 radical (unpaired) electrons. The largest absolute Gasteiger partial charge is 0.479 e. The molecule has 1 aromatic heterocycles. The summed E-state index contributed by atoms with van der Waals surface area (Å²) in [6.45, 7) is 1.83. The molecule has 0 atom stereocenters. The van der Waals surface area contributed by atoms with Crippen molar-refractivity contribution in [3.63, 3.8) is 0 Å². The maximum atomic E-state index is 13.7. The molecule has 18 heavy (non-hydrogen) atoms. The minimum atomic E-state index is -0.326. The minimum absolute atomic E-state index is 0.313. The Morgan fingerprint density at radius 3 is 2.72 bits per heavy atom. The molecule has 0 bridgehead atoms. The maximum absolute atomic E-state index is 13.7. The van der Waals surface area contributed by atoms with Crippen molar-refractivity contribution in [3.05, 3.63) is 41.7 Å². The van der Waals surface area contributed by atoms with Crippen LogP contribution in [0.5, 0.6) is 5.88 Å². The van der Waals surface area contributed by atoms with Gasteiger partial charge in [-0.15, -0.1) is 0 Å². The third-order valence-corrected chi connectivity index (χ3v) is 2.47. The first-order valence-electron chi connectivity index (χ1n) is 5.44. The Kier molecular flexibility index (Phi) is 3.32. The van der Waals surface area contributed by atoms with Gasteiger partial charge in [0.25, 0.3) is 0 Å². The van der Waals surface area contributed by atoms with Gasteiger partial charge in [0.2, 0.25) is 5.88 Å². The van der Waals surface area contributed by atoms with Gasteiger partial charge in [0, 0.05) is 0 Å². The molecule has 0 aliphatic rings. The average Bonchev–Trinajstić information content (AvgIpc) is 2.35. The Balaban J connectivity index is 2.28. The van der Waals surface area contributed by atoms with Gasteiger partial charge in [0.15, 0.2) is 0 Å². The summed E-state index contributed by atoms with van der Waals surface area (Å²) >= 11 is 0. The highest BCUT2D eigenvalue weighted by Crippen LogP contribution is 2.24. The Morgan fingerprint density at radius 2 is 2.06 bits per heavy atom. The van der Waals surface area contributed by atoms with Gasteiger partial charge in [-0.3, -0.25) is 0 Å². The number of hydrogen-bond acceptors (Lipinski definition) is 4. The highest BCUT2D eigenvalue weighted by atomic mass is 19.1. The molecule has 1 aromatic carbocycles. The number of nitrogen functional groups attached to an aromatic ring is 1. The lowest BCUT2D eigenvalue weighted by Gasteiger charge is -2.09. The van der Waals surface area contributed by atoms with Crippen LogP contribution in [0.25, 0.3) is 0 Å². The standard InChI is InChI=1S/C13H14FN3O/c1-8-3-5-11(9(14)7-8)16-12-6-4-10(15)13(17-12)18-2/h3-7H,15H2,1-2H3,(H,16,17). The van der Waals surface area contributed by atoms with Crippen LogP contribution < -0.4 is 15.8 Å². The second-order valence-electron chi connectivity index (χ2n) is 3.90. The predicted octanol–water partition coefficient (Wildman–Crippen LogP) is 2.86. The number of aryl methyl sites for hydroxylation is 1. The molecule has 2 aromatic rings. The van der Waals surface area contributed by atoms with E-state index in [1.165, 1.54) is 13.2 Å². The molecule has 0 saturated heterocycles. The van der Waals surface area contributed by atoms with E-state index >= 15 is 0 Å². The number of nitrogens with zero attached hydrogens (tertiary/aromatic N) is 1. The summed E-state index contributed by atoms with van der Waals surface area (Å²) in [7, 11) is 1.48. The lowest BCUT2D eigenvalue weighted by molar-refractivity contribution is 0.401. The van der Waals surface area contributed by atoms with Crippen LogP contribution in [0.2, 0.25) is 0 Å². The van der Waals surface area contributed by atoms with Crippen molar-refractivity contribution < 1.29 is 9.13 Å². The summed E-state index contributed by atoms with van der Waals surface area (Å²) in [6.07, 6.45) is 0. The van der Waals surface area contributed by atoms with E-state index in [-0.39, 0.29) is 5.82 Å². The number of rotatable bonds is 3. The van der Waals surface area contributed by atoms with Crippen LogP contribution >= 0.6 is 0 Å². The zero-order valence-electron chi connectivity index (χ0n) is 10.2. The van der Waals surface area contributed by atoms with Gasteiger partial charge in [-0.05, 0) is 36.8 Å². The van der Waals surface area contributed by atoms with Crippen LogP contribution in [-0.4, -0.2) is 12.1 Å². The number of halogens is 1. The highest BCUT2D eigenvalue weighted by molar-refractivity contribution is 5.61. The third-order valence-electron chi connectivity index (χ3n) is 2.47. The van der Waals surface area contributed by atoms with E-state index in [4.69, 9.17) is 10.5 Å². The molecule has 5 heteroatoms. The number of ether oxygens (including phenoxy) is 1. The van der Waals surface area contributed by atoms with Gasteiger partial charge in [-0.2, -0.15) is 4.98 Å². The van der Waals surface area contributed by atoms with Crippen molar-refractivity contribution in [1.82, 2.24) is 4.98 Å². The van der Waals surface area contributed by atoms with Crippen LogP contribution in [0.15, 0.2) is 30.3 Å². The van der Waals surface area contributed by atoms with Crippen molar-refractivity contribution >= 4 is 17.2 Å². The Labute approximate surface area is 105 Å². The molecule has 4 nitrogen and oxygen atoms in total. The molecule has 0 amide bonds. The van der Waals surface area contributed by atoms with Gasteiger partial charge in [-0.25, -0.2) is 4.39 Å². The summed E-state index contributed by atoms with van der Waals surface area (Å²) in [4.78, 5) is 4.12. The molecule has 0 spiro atoms. The van der Waals surface area contributed by atoms with Gasteiger partial charge >= 0.3 is 0 Å². The van der Waals surface area contributed by atoms with Gasteiger partial charge in [0.05, 0.1) is 18.5 Å². The Hall–Kier alpha value is -2.30. The smallest absolute Gasteiger partial charge is 0.238 e. The van der Waals surface area contributed by atoms with E-state index in [1.54, 1.807) is 18.2 Å². The highest BCUT2D eigenvalue weighted by Gasteiger charge is 2.06. The second kappa shape index (κ2) is 4.91. The fraction of sp³-hybridized carbons (Fsp3) is 0.154. The van der Waals surface area contributed by atoms with Crippen molar-refractivity contribution in [1.29, 1.82) is 0 Å². The molecule has 0 aliphatic carbocycles. The van der Waals surface area contributed by atoms with Crippen LogP contribution in [0, 0.1) is 12.7 Å². The first-order chi connectivity index (χ1) is 8.60. The number of nitrogens with two attached hydrogens (primary N) is 1. The second-order valence-corrected chi connectivity index (χ2v) is 3.90. The Bertz CT molecular complexity index is 572. The fourth-order valence-electron chi connectivity index (χ4n) is 1.54. The van der Waals surface area contributed by atoms with Crippen LogP contribution in [0.1, 0.15) is 5.56 Å². The Morgan fingerprint density at radius 1 is 1.28 bits per heavy atom. The molecular formula is C13H14FN3O. The number of methoxy groups -OCH3 is 1. The normalized spacial score (nSPS) is 10.2. The van der Waals surface area contributed by atoms with Crippen LogP contribution in [0.3, 0.4) is 0 Å². The molecule has 0 unspecified atom stereocenters. The summed E-state index contributed by atoms with van der Waals surface area (Å²) in [6, 6.07) is 8.25. The van der Waals surface area contributed by atoms with Gasteiger partial charge in [-0.1, -0.05) is 6.07 Å². The maximum Gasteiger partial charge on any atom is 0.238 e. The zero-order chi connectivity index (χ0) is 13.1. The quantitative estimate of drug-likeness (QED) is 0.875. The number of anilines is 3. The first kappa shape index (κ1) is 12.2. The van der Waals surface area contributed by atoms with Crippen molar-refractivity contribution in [3.8, 4) is 5.88 Å². The molecule has 0 aliphatic heterocycles. The number of aromatic nitrogens is 1. The predicted molar refractivity (Wildman–Crippen MR) is 69.6 cm³/mol. The topological polar surface area (TPSA) is 60.2 Å². The molecule has 0 fully saturated rings. The third kappa shape index (κ3) is 2.51. The van der Waals surface area contributed by atoms with Crippen LogP contribution in [0.4, 0.5) is 21.6 Å². The molecule has 0 saturated carbocycles. The minimum Gasteiger partial charge on any atom is -0.479 e. The zero-order valence-corrected chi connectivity index (χ0v) is 10.2. The number of nitrogens with one attached hydrogen (secondary N) is 1. The number of hydrogen-bond donors (Lipinski definition) is 2. The first-order valence-corrected chi connectivity index (χ1v) is 5.44. The molecule has 94 valence electrons. The van der Waals surface area contributed by atoms with Crippen LogP contribution in [-0.2, 0) is 0 Å².